The molecule has 4 rings (SSSR count). The highest BCUT2D eigenvalue weighted by atomic mass is 32.2. The van der Waals surface area contributed by atoms with Gasteiger partial charge in [0, 0.05) is 21.5 Å². The van der Waals surface area contributed by atoms with E-state index in [1.165, 1.54) is 35.5 Å². The van der Waals surface area contributed by atoms with Gasteiger partial charge in [-0.15, -0.1) is 11.3 Å². The molecule has 0 bridgehead atoms. The van der Waals surface area contributed by atoms with Crippen LogP contribution < -0.4 is 5.32 Å². The molecule has 0 fully saturated rings. The molecule has 0 radical (unpaired) electrons. The predicted molar refractivity (Wildman–Crippen MR) is 110 cm³/mol. The maximum Gasteiger partial charge on any atom is 0.237 e. The molecule has 138 valence electrons. The number of nitrogens with one attached hydrogen (secondary N) is 1. The van der Waals surface area contributed by atoms with Crippen molar-refractivity contribution in [3.63, 3.8) is 0 Å². The largest absolute Gasteiger partial charge is 0.325 e. The molecule has 5 nitrogen and oxygen atoms in total. The van der Waals surface area contributed by atoms with Crippen molar-refractivity contribution in [2.45, 2.75) is 43.4 Å². The summed E-state index contributed by atoms with van der Waals surface area (Å²) < 4.78 is 0. The number of hydrogen-bond acceptors (Lipinski definition) is 6. The van der Waals surface area contributed by atoms with Crippen molar-refractivity contribution in [1.29, 1.82) is 0 Å². The van der Waals surface area contributed by atoms with Gasteiger partial charge in [0.15, 0.2) is 5.78 Å². The minimum absolute atomic E-state index is 0.00729. The fourth-order valence-corrected chi connectivity index (χ4v) is 5.48. The van der Waals surface area contributed by atoms with Crippen LogP contribution in [0.2, 0.25) is 0 Å². The number of carbonyl (C=O) groups excluding carboxylic acids is 2. The van der Waals surface area contributed by atoms with Crippen LogP contribution in [0.3, 0.4) is 0 Å². The first-order valence-electron chi connectivity index (χ1n) is 8.86. The Hall–Kier alpha value is -2.25. The van der Waals surface area contributed by atoms with E-state index < -0.39 is 0 Å². The molecule has 1 amide bonds. The lowest BCUT2D eigenvalue weighted by Gasteiger charge is -2.12. The summed E-state index contributed by atoms with van der Waals surface area (Å²) in [4.78, 5) is 35.3. The molecule has 1 aromatic carbocycles. The Morgan fingerprint density at radius 3 is 2.70 bits per heavy atom. The summed E-state index contributed by atoms with van der Waals surface area (Å²) in [6.07, 6.45) is 4.95. The number of ketones is 1. The highest BCUT2D eigenvalue weighted by Crippen LogP contribution is 2.40. The van der Waals surface area contributed by atoms with Crippen molar-refractivity contribution in [1.82, 2.24) is 9.97 Å². The third-order valence-electron chi connectivity index (χ3n) is 4.68. The molecule has 27 heavy (non-hydrogen) atoms. The first-order valence-corrected chi connectivity index (χ1v) is 10.6. The summed E-state index contributed by atoms with van der Waals surface area (Å²) in [5.41, 5.74) is 2.68. The van der Waals surface area contributed by atoms with Gasteiger partial charge in [0.05, 0.1) is 5.25 Å². The van der Waals surface area contributed by atoms with E-state index in [0.29, 0.717) is 11.3 Å². The zero-order valence-electron chi connectivity index (χ0n) is 15.1. The zero-order chi connectivity index (χ0) is 19.0. The lowest BCUT2D eigenvalue weighted by molar-refractivity contribution is -0.115. The molecule has 0 saturated heterocycles. The normalized spacial score (nSPS) is 14.1. The molecule has 1 atom stereocenters. The second-order valence-corrected chi connectivity index (χ2v) is 9.01. The maximum absolute atomic E-state index is 12.6. The lowest BCUT2D eigenvalue weighted by atomic mass is 10.1. The second kappa shape index (κ2) is 7.40. The summed E-state index contributed by atoms with van der Waals surface area (Å²) in [5.74, 6) is -0.0814. The predicted octanol–water partition coefficient (Wildman–Crippen LogP) is 4.50. The fourth-order valence-electron chi connectivity index (χ4n) is 3.24. The van der Waals surface area contributed by atoms with Gasteiger partial charge < -0.3 is 5.32 Å². The highest BCUT2D eigenvalue weighted by Gasteiger charge is 2.24. The first-order chi connectivity index (χ1) is 13.0. The van der Waals surface area contributed by atoms with E-state index in [1.807, 2.05) is 6.92 Å². The van der Waals surface area contributed by atoms with E-state index in [-0.39, 0.29) is 16.9 Å². The minimum atomic E-state index is -0.299. The summed E-state index contributed by atoms with van der Waals surface area (Å²) in [6.45, 7) is 3.40. The van der Waals surface area contributed by atoms with Crippen LogP contribution in [0.5, 0.6) is 0 Å². The molecule has 0 spiro atoms. The van der Waals surface area contributed by atoms with Crippen LogP contribution in [0.15, 0.2) is 35.6 Å². The SMILES string of the molecule is CC(=O)c1ccc(NC(=O)[C@H](C)Sc2ncnc3sc4c(c23)CCC4)cc1. The number of rotatable bonds is 5. The van der Waals surface area contributed by atoms with Gasteiger partial charge in [0.2, 0.25) is 5.91 Å². The van der Waals surface area contributed by atoms with Crippen molar-refractivity contribution >= 4 is 50.7 Å². The van der Waals surface area contributed by atoms with E-state index in [9.17, 15) is 9.59 Å². The number of nitrogens with zero attached hydrogens (tertiary/aromatic N) is 2. The van der Waals surface area contributed by atoms with Crippen molar-refractivity contribution in [2.75, 3.05) is 5.32 Å². The Labute approximate surface area is 165 Å². The number of Topliss-reactive ketones (excluding diaryl/α,β-unsaturated/α-hetero) is 1. The van der Waals surface area contributed by atoms with Gasteiger partial charge >= 0.3 is 0 Å². The Morgan fingerprint density at radius 2 is 1.96 bits per heavy atom. The van der Waals surface area contributed by atoms with Crippen molar-refractivity contribution in [3.8, 4) is 0 Å². The molecule has 1 aliphatic carbocycles. The molecular formula is C20H19N3O2S2. The Morgan fingerprint density at radius 1 is 1.19 bits per heavy atom. The van der Waals surface area contributed by atoms with Gasteiger partial charge in [0.25, 0.3) is 0 Å². The first kappa shape index (κ1) is 18.1. The number of hydrogen-bond donors (Lipinski definition) is 1. The van der Waals surface area contributed by atoms with Crippen LogP contribution in [-0.2, 0) is 17.6 Å². The molecule has 0 saturated carbocycles. The van der Waals surface area contributed by atoms with Crippen LogP contribution >= 0.6 is 23.1 Å². The fraction of sp³-hybridized carbons (Fsp3) is 0.300. The standard InChI is InChI=1S/C20H19N3O2S2/c1-11(24)13-6-8-14(9-7-13)23-18(25)12(2)26-19-17-15-4-3-5-16(15)27-20(17)22-10-21-19/h6-10,12H,3-5H2,1-2H3,(H,23,25)/t12-/m0/s1. The Bertz CT molecular complexity index is 1030. The van der Waals surface area contributed by atoms with Crippen molar-refractivity contribution in [3.05, 3.63) is 46.6 Å². The second-order valence-electron chi connectivity index (χ2n) is 6.60. The van der Waals surface area contributed by atoms with Gasteiger partial charge in [-0.2, -0.15) is 0 Å². The number of anilines is 1. The number of thioether (sulfide) groups is 1. The molecule has 2 heterocycles. The summed E-state index contributed by atoms with van der Waals surface area (Å²) >= 11 is 3.22. The van der Waals surface area contributed by atoms with Crippen LogP contribution in [0.25, 0.3) is 10.2 Å². The molecule has 1 aliphatic rings. The third kappa shape index (κ3) is 3.61. The third-order valence-corrected chi connectivity index (χ3v) is 6.98. The van der Waals surface area contributed by atoms with Gasteiger partial charge in [-0.3, -0.25) is 9.59 Å². The summed E-state index contributed by atoms with van der Waals surface area (Å²) in [6, 6.07) is 6.94. The zero-order valence-corrected chi connectivity index (χ0v) is 16.7. The molecule has 0 unspecified atom stereocenters. The Kier molecular flexibility index (Phi) is 4.97. The number of fused-ring (bicyclic) bond motifs is 3. The van der Waals surface area contributed by atoms with Crippen molar-refractivity contribution in [2.24, 2.45) is 0 Å². The average molecular weight is 398 g/mol. The monoisotopic (exact) mass is 397 g/mol. The minimum Gasteiger partial charge on any atom is -0.325 e. The van der Waals surface area contributed by atoms with Gasteiger partial charge in [-0.25, -0.2) is 9.97 Å². The number of benzene rings is 1. The van der Waals surface area contributed by atoms with Crippen molar-refractivity contribution < 1.29 is 9.59 Å². The number of aromatic nitrogens is 2. The molecule has 2 aromatic heterocycles. The van der Waals surface area contributed by atoms with Gasteiger partial charge in [-0.05, 0) is 62.9 Å². The number of amides is 1. The molecular weight excluding hydrogens is 378 g/mol. The van der Waals surface area contributed by atoms with Crippen LogP contribution in [0, 0.1) is 0 Å². The molecule has 1 N–H and O–H groups in total. The highest BCUT2D eigenvalue weighted by molar-refractivity contribution is 8.00. The topological polar surface area (TPSA) is 72.0 Å². The number of thiophene rings is 1. The molecule has 7 heteroatoms. The van der Waals surface area contributed by atoms with E-state index in [4.69, 9.17) is 0 Å². The summed E-state index contributed by atoms with van der Waals surface area (Å²) in [7, 11) is 0. The molecule has 3 aromatic rings. The van der Waals surface area contributed by atoms with Gasteiger partial charge in [-0.1, -0.05) is 11.8 Å². The average Bonchev–Trinajstić information content (AvgIpc) is 3.23. The Balaban J connectivity index is 1.50. The van der Waals surface area contributed by atoms with E-state index in [1.54, 1.807) is 41.9 Å². The smallest absolute Gasteiger partial charge is 0.237 e. The van der Waals surface area contributed by atoms with E-state index in [2.05, 4.69) is 15.3 Å². The molecule has 0 aliphatic heterocycles. The van der Waals surface area contributed by atoms with E-state index in [0.717, 1.165) is 28.1 Å². The number of carbonyl (C=O) groups is 2. The maximum atomic E-state index is 12.6. The van der Waals surface area contributed by atoms with Crippen LogP contribution in [0.1, 0.15) is 41.1 Å². The van der Waals surface area contributed by atoms with Crippen LogP contribution in [-0.4, -0.2) is 26.9 Å². The van der Waals surface area contributed by atoms with E-state index >= 15 is 0 Å². The number of aryl methyl sites for hydroxylation is 2. The summed E-state index contributed by atoms with van der Waals surface area (Å²) in [5, 5.41) is 4.63. The van der Waals surface area contributed by atoms with Crippen LogP contribution in [0.4, 0.5) is 5.69 Å². The van der Waals surface area contributed by atoms with Gasteiger partial charge in [0.1, 0.15) is 16.2 Å². The lowest BCUT2D eigenvalue weighted by Crippen LogP contribution is -2.22. The quantitative estimate of drug-likeness (QED) is 0.390.